The van der Waals surface area contributed by atoms with Gasteiger partial charge in [0.25, 0.3) is 0 Å². The maximum Gasteiger partial charge on any atom is 0.410 e. The van der Waals surface area contributed by atoms with E-state index < -0.39 is 78.1 Å². The lowest BCUT2D eigenvalue weighted by Gasteiger charge is -2.45. The first kappa shape index (κ1) is 42.3. The van der Waals surface area contributed by atoms with Gasteiger partial charge in [0, 0.05) is 37.9 Å². The Morgan fingerprint density at radius 3 is 2.53 bits per heavy atom. The van der Waals surface area contributed by atoms with Crippen LogP contribution in [-0.2, 0) is 39.8 Å². The van der Waals surface area contributed by atoms with Crippen molar-refractivity contribution in [3.05, 3.63) is 42.7 Å². The molecule has 0 spiro atoms. The number of Topliss-reactive ketones (excluding diaryl/α,β-unsaturated/α-hetero) is 1. The van der Waals surface area contributed by atoms with Gasteiger partial charge in [-0.25, -0.2) is 9.48 Å². The molecule has 304 valence electrons. The lowest BCUT2D eigenvalue weighted by molar-refractivity contribution is -0.288. The topological polar surface area (TPSA) is 202 Å². The number of hydrogen-bond acceptors (Lipinski definition) is 14. The minimum atomic E-state index is -1.18. The van der Waals surface area contributed by atoms with Crippen molar-refractivity contribution >= 4 is 17.8 Å². The van der Waals surface area contributed by atoms with Crippen LogP contribution in [0.25, 0.3) is 11.4 Å². The molecule has 0 aromatic carbocycles. The smallest absolute Gasteiger partial charge is 0.410 e. The lowest BCUT2D eigenvalue weighted by Crippen LogP contribution is -2.58. The zero-order valence-corrected chi connectivity index (χ0v) is 33.2. The number of allylic oxidation sites excluding steroid dienone is 1. The normalized spacial score (nSPS) is 36.9. The Morgan fingerprint density at radius 2 is 1.84 bits per heavy atom. The number of fused-ring (bicyclic) bond motifs is 1. The summed E-state index contributed by atoms with van der Waals surface area (Å²) in [4.78, 5) is 47.4. The number of cyclic esters (lactones) is 1. The van der Waals surface area contributed by atoms with Crippen molar-refractivity contribution in [3.63, 3.8) is 0 Å². The van der Waals surface area contributed by atoms with Crippen LogP contribution in [0.5, 0.6) is 0 Å². The number of rotatable bonds is 9. The van der Waals surface area contributed by atoms with Gasteiger partial charge in [0.1, 0.15) is 23.8 Å². The van der Waals surface area contributed by atoms with E-state index in [1.807, 2.05) is 58.0 Å². The number of hydrogen-bond donors (Lipinski definition) is 3. The first-order chi connectivity index (χ1) is 26.2. The second kappa shape index (κ2) is 18.4. The molecule has 5 rings (SSSR count). The average molecular weight is 770 g/mol. The molecule has 3 fully saturated rings. The molecule has 55 heavy (non-hydrogen) atoms. The fourth-order valence-electron chi connectivity index (χ4n) is 8.01. The molecule has 1 amide bonds. The molecule has 0 bridgehead atoms. The van der Waals surface area contributed by atoms with Crippen LogP contribution in [0, 0.1) is 17.8 Å². The molecule has 0 aliphatic carbocycles. The summed E-state index contributed by atoms with van der Waals surface area (Å²) in [5.41, 5.74) is 6.54. The second-order valence-corrected chi connectivity index (χ2v) is 15.6. The molecular formula is C39H59N7O9. The molecule has 13 atom stereocenters. The SMILES string of the molecule is CC[C@H]1OC(=O)[C@H](C)C(=O)[C@H](C)[C@@H](OC2O[C@H](C)CC(N)C2O)[C@](C)(OC)C[C@@H](C)CN[C@H](C)[C@@H]2[C@@H]1OC(=O)N2C/C=C/Cn1cc(-c2ccccn2)nn1. The number of esters is 1. The average Bonchev–Trinajstić information content (AvgIpc) is 3.78. The van der Waals surface area contributed by atoms with Crippen LogP contribution in [0.1, 0.15) is 67.7 Å². The molecule has 16 heteroatoms. The lowest BCUT2D eigenvalue weighted by atomic mass is 9.78. The number of nitrogens with zero attached hydrogens (tertiary/aromatic N) is 5. The minimum Gasteiger partial charge on any atom is -0.458 e. The fourth-order valence-corrected chi connectivity index (χ4v) is 8.01. The van der Waals surface area contributed by atoms with E-state index in [0.717, 1.165) is 5.69 Å². The predicted octanol–water partition coefficient (Wildman–Crippen LogP) is 2.88. The molecule has 3 aliphatic rings. The zero-order chi connectivity index (χ0) is 40.0. The minimum absolute atomic E-state index is 0.0231. The van der Waals surface area contributed by atoms with E-state index in [-0.39, 0.29) is 24.6 Å². The number of nitrogens with two attached hydrogens (primary N) is 1. The summed E-state index contributed by atoms with van der Waals surface area (Å²) >= 11 is 0. The maximum absolute atomic E-state index is 14.2. The van der Waals surface area contributed by atoms with E-state index in [4.69, 9.17) is 29.4 Å². The second-order valence-electron chi connectivity index (χ2n) is 15.6. The third kappa shape index (κ3) is 9.78. The molecule has 16 nitrogen and oxygen atoms in total. The highest BCUT2D eigenvalue weighted by molar-refractivity contribution is 6.00. The van der Waals surface area contributed by atoms with Crippen molar-refractivity contribution < 1.29 is 43.2 Å². The number of aromatic nitrogens is 4. The number of aliphatic hydroxyl groups excluding tert-OH is 1. The Hall–Kier alpha value is -3.80. The van der Waals surface area contributed by atoms with Crippen molar-refractivity contribution in [2.45, 2.75) is 135 Å². The first-order valence-electron chi connectivity index (χ1n) is 19.4. The summed E-state index contributed by atoms with van der Waals surface area (Å²) in [5, 5.41) is 23.0. The van der Waals surface area contributed by atoms with Gasteiger partial charge in [-0.15, -0.1) is 5.10 Å². The number of nitrogens with one attached hydrogen (secondary N) is 1. The highest BCUT2D eigenvalue weighted by atomic mass is 16.7. The Labute approximate surface area is 323 Å². The van der Waals surface area contributed by atoms with Crippen LogP contribution in [0.4, 0.5) is 4.79 Å². The summed E-state index contributed by atoms with van der Waals surface area (Å²) < 4.78 is 32.3. The summed E-state index contributed by atoms with van der Waals surface area (Å²) in [7, 11) is 1.56. The van der Waals surface area contributed by atoms with Crippen LogP contribution >= 0.6 is 0 Å². The summed E-state index contributed by atoms with van der Waals surface area (Å²) in [6.07, 6.45) is 2.91. The largest absolute Gasteiger partial charge is 0.458 e. The van der Waals surface area contributed by atoms with Crippen molar-refractivity contribution in [2.24, 2.45) is 23.5 Å². The van der Waals surface area contributed by atoms with Crippen LogP contribution in [-0.4, -0.2) is 129 Å². The van der Waals surface area contributed by atoms with Gasteiger partial charge < -0.3 is 39.8 Å². The molecular weight excluding hydrogens is 710 g/mol. The molecule has 2 aromatic heterocycles. The summed E-state index contributed by atoms with van der Waals surface area (Å²) in [6, 6.07) is 4.19. The van der Waals surface area contributed by atoms with Crippen LogP contribution < -0.4 is 11.1 Å². The number of amides is 1. The monoisotopic (exact) mass is 769 g/mol. The van der Waals surface area contributed by atoms with Crippen molar-refractivity contribution in [2.75, 3.05) is 20.2 Å². The van der Waals surface area contributed by atoms with Crippen molar-refractivity contribution in [1.29, 1.82) is 0 Å². The van der Waals surface area contributed by atoms with Gasteiger partial charge in [-0.1, -0.05) is 44.2 Å². The molecule has 3 aliphatic heterocycles. The van der Waals surface area contributed by atoms with Gasteiger partial charge >= 0.3 is 12.1 Å². The van der Waals surface area contributed by atoms with Gasteiger partial charge in [0.05, 0.1) is 42.3 Å². The Balaban J connectivity index is 1.37. The Bertz CT molecular complexity index is 1630. The quantitative estimate of drug-likeness (QED) is 0.191. The van der Waals surface area contributed by atoms with E-state index in [2.05, 4.69) is 27.5 Å². The van der Waals surface area contributed by atoms with Crippen molar-refractivity contribution in [1.82, 2.24) is 30.2 Å². The Morgan fingerprint density at radius 1 is 1.09 bits per heavy atom. The number of pyridine rings is 1. The van der Waals surface area contributed by atoms with Gasteiger partial charge in [0.2, 0.25) is 0 Å². The highest BCUT2D eigenvalue weighted by Crippen LogP contribution is 2.36. The number of ketones is 1. The number of ether oxygens (including phenoxy) is 5. The zero-order valence-electron chi connectivity index (χ0n) is 33.2. The van der Waals surface area contributed by atoms with Gasteiger partial charge in [-0.3, -0.25) is 19.5 Å². The number of aliphatic hydroxyl groups is 1. The molecule has 0 saturated carbocycles. The van der Waals surface area contributed by atoms with E-state index in [1.165, 1.54) is 6.92 Å². The van der Waals surface area contributed by atoms with Crippen LogP contribution in [0.15, 0.2) is 42.7 Å². The third-order valence-corrected chi connectivity index (χ3v) is 11.2. The van der Waals surface area contributed by atoms with E-state index >= 15 is 0 Å². The standard InChI is InChI=1S/C39H59N7O9/c1-9-30-34-31(46(38(50)54-34)17-13-12-16-45-21-29(43-44-45)28-14-10-11-15-41-28)26(6)42-20-22(2)19-39(7,51-8)35(24(4)32(47)25(5)36(49)53-30)55-37-33(48)27(40)18-23(3)52-37/h10-15,21-27,30-31,33-35,37,42,48H,9,16-20,40H2,1-8H3/b13-12+/t22-,23-,24+,25-,26-,27?,30-,31-,33?,34-,35-,37?,39-/m1/s1. The first-order valence-corrected chi connectivity index (χ1v) is 19.4. The van der Waals surface area contributed by atoms with Gasteiger partial charge in [-0.2, -0.15) is 0 Å². The highest BCUT2D eigenvalue weighted by Gasteiger charge is 2.51. The Kier molecular flexibility index (Phi) is 14.2. The van der Waals surface area contributed by atoms with Gasteiger partial charge in [0.15, 0.2) is 18.2 Å². The van der Waals surface area contributed by atoms with E-state index in [0.29, 0.717) is 38.0 Å². The number of carbonyl (C=O) groups excluding carboxylic acids is 3. The summed E-state index contributed by atoms with van der Waals surface area (Å²) in [5.74, 6) is -3.24. The molecule has 0 radical (unpaired) electrons. The maximum atomic E-state index is 14.2. The third-order valence-electron chi connectivity index (χ3n) is 11.2. The molecule has 3 saturated heterocycles. The van der Waals surface area contributed by atoms with Crippen LogP contribution in [0.2, 0.25) is 0 Å². The van der Waals surface area contributed by atoms with Crippen LogP contribution in [0.3, 0.4) is 0 Å². The predicted molar refractivity (Wildman–Crippen MR) is 201 cm³/mol. The van der Waals surface area contributed by atoms with Gasteiger partial charge in [-0.05, 0) is 71.6 Å². The summed E-state index contributed by atoms with van der Waals surface area (Å²) in [6.45, 7) is 14.0. The molecule has 2 aromatic rings. The number of carbonyl (C=O) groups is 3. The number of methoxy groups -OCH3 is 1. The van der Waals surface area contributed by atoms with E-state index in [1.54, 1.807) is 36.0 Å². The molecule has 5 heterocycles. The fraction of sp³-hybridized carbons (Fsp3) is 0.692. The van der Waals surface area contributed by atoms with Crippen molar-refractivity contribution in [3.8, 4) is 11.4 Å². The van der Waals surface area contributed by atoms with E-state index in [9.17, 15) is 19.5 Å². The molecule has 4 N–H and O–H groups in total. The molecule has 3 unspecified atom stereocenters.